The fraction of sp³-hybridized carbons (Fsp3) is 0.0682. The van der Waals surface area contributed by atoms with Crippen molar-refractivity contribution in [3.63, 3.8) is 0 Å². The van der Waals surface area contributed by atoms with Crippen LogP contribution in [-0.4, -0.2) is 3.71 Å². The van der Waals surface area contributed by atoms with E-state index in [1.165, 1.54) is 54.1 Å². The summed E-state index contributed by atoms with van der Waals surface area (Å²) in [7, 11) is 14.7. The second-order valence-electron chi connectivity index (χ2n) is 12.8. The van der Waals surface area contributed by atoms with E-state index in [1.807, 2.05) is 0 Å². The third-order valence-corrected chi connectivity index (χ3v) is 34.1. The quantitative estimate of drug-likeness (QED) is 0.135. The molecule has 2 unspecified atom stereocenters. The van der Waals surface area contributed by atoms with E-state index in [0.717, 1.165) is 0 Å². The zero-order valence-electron chi connectivity index (χ0n) is 27.2. The van der Waals surface area contributed by atoms with Crippen LogP contribution in [0.4, 0.5) is 0 Å². The van der Waals surface area contributed by atoms with Crippen molar-refractivity contribution in [3.05, 3.63) is 192 Å². The topological polar surface area (TPSA) is 0 Å². The van der Waals surface area contributed by atoms with E-state index in [9.17, 15) is 0 Å². The van der Waals surface area contributed by atoms with Crippen LogP contribution < -0.4 is 31.8 Å². The van der Waals surface area contributed by atoms with Gasteiger partial charge in [0.2, 0.25) is 0 Å². The molecule has 0 aliphatic heterocycles. The van der Waals surface area contributed by atoms with Crippen molar-refractivity contribution in [1.82, 2.24) is 0 Å². The number of allylic oxidation sites excluding steroid dienone is 2. The molecule has 0 radical (unpaired) electrons. The Morgan fingerprint density at radius 2 is 0.776 bits per heavy atom. The summed E-state index contributed by atoms with van der Waals surface area (Å²) < 4.78 is 2.20. The fourth-order valence-electron chi connectivity index (χ4n) is 7.58. The Balaban J connectivity index is 1.16. The van der Waals surface area contributed by atoms with Crippen LogP contribution in [0.25, 0.3) is 12.2 Å². The summed E-state index contributed by atoms with van der Waals surface area (Å²) in [5.74, 6) is 0. The summed E-state index contributed by atoms with van der Waals surface area (Å²) in [4.78, 5) is 0. The van der Waals surface area contributed by atoms with Crippen molar-refractivity contribution in [2.45, 2.75) is 14.2 Å². The molecule has 0 fully saturated rings. The molecule has 0 bridgehead atoms. The average molecular weight is 789 g/mol. The molecular weight excluding hydrogens is 753 g/mol. The zero-order chi connectivity index (χ0) is 33.5. The summed E-state index contributed by atoms with van der Waals surface area (Å²) in [6.07, 6.45) is 9.14. The Labute approximate surface area is 300 Å². The van der Waals surface area contributed by atoms with Crippen molar-refractivity contribution in [3.8, 4) is 0 Å². The number of halogens is 2. The first-order valence-corrected chi connectivity index (χ1v) is 30.0. The van der Waals surface area contributed by atoms with Crippen LogP contribution in [0.3, 0.4) is 0 Å². The standard InChI is InChI=1S/2C21H16P.C2H4.2ClH.Zr/c2*1-3-10-19(11-4-1)22(20-12-5-2-6-13-20)21-15-14-17-8-7-9-18(17)16-21;1-2;;;/h2*1-16H;1H,2H3;2*1H;/q;;;;;+2/p-2. The number of rotatable bonds is 8. The van der Waals surface area contributed by atoms with E-state index in [2.05, 4.69) is 193 Å². The molecule has 0 saturated carbocycles. The van der Waals surface area contributed by atoms with Crippen molar-refractivity contribution in [1.29, 1.82) is 0 Å². The summed E-state index contributed by atoms with van der Waals surface area (Å²) in [6.45, 7) is 2.10. The van der Waals surface area contributed by atoms with Gasteiger partial charge >= 0.3 is 303 Å². The van der Waals surface area contributed by atoms with E-state index in [-0.39, 0.29) is 7.25 Å². The molecule has 0 aromatic heterocycles. The first kappa shape index (κ1) is 33.2. The SMILES string of the molecule is C[CH]=[Zr]([Cl])([Cl])([CH]1C=Cc2cc(P(c3ccccc3)c3ccccc3)ccc21)[CH]1C=Cc2cc(P(c3ccccc3)c3ccccc3)ccc21. The van der Waals surface area contributed by atoms with Gasteiger partial charge in [-0.15, -0.1) is 0 Å². The number of benzene rings is 6. The normalized spacial score (nSPS) is 16.6. The van der Waals surface area contributed by atoms with Gasteiger partial charge in [0, 0.05) is 0 Å². The molecule has 0 nitrogen and oxygen atoms in total. The zero-order valence-corrected chi connectivity index (χ0v) is 33.0. The Hall–Kier alpha value is -3.01. The molecular formula is C44H36Cl2P2Zr. The fourth-order valence-corrected chi connectivity index (χ4v) is 25.9. The molecule has 8 rings (SSSR count). The Morgan fingerprint density at radius 3 is 1.08 bits per heavy atom. The second-order valence-corrected chi connectivity index (χ2v) is 38.9. The van der Waals surface area contributed by atoms with E-state index in [0.29, 0.717) is 0 Å². The van der Waals surface area contributed by atoms with Gasteiger partial charge in [-0.25, -0.2) is 0 Å². The minimum absolute atomic E-state index is 0.00969. The van der Waals surface area contributed by atoms with Gasteiger partial charge in [0.1, 0.15) is 0 Å². The molecule has 6 aromatic rings. The first-order valence-electron chi connectivity index (χ1n) is 16.8. The molecule has 0 saturated heterocycles. The van der Waals surface area contributed by atoms with Crippen LogP contribution in [-0.2, 0) is 15.9 Å². The molecule has 0 heterocycles. The van der Waals surface area contributed by atoms with Gasteiger partial charge in [0.25, 0.3) is 0 Å². The predicted octanol–water partition coefficient (Wildman–Crippen LogP) is 9.86. The first-order chi connectivity index (χ1) is 23.9. The van der Waals surface area contributed by atoms with E-state index in [1.54, 1.807) is 0 Å². The van der Waals surface area contributed by atoms with Crippen LogP contribution in [0.2, 0.25) is 0 Å². The summed E-state index contributed by atoms with van der Waals surface area (Å²) in [5, 5.41) is 8.06. The van der Waals surface area contributed by atoms with Crippen molar-refractivity contribution in [2.24, 2.45) is 0 Å². The monoisotopic (exact) mass is 786 g/mol. The summed E-state index contributed by atoms with van der Waals surface area (Å²) >= 11 is -4.73. The Kier molecular flexibility index (Phi) is 9.21. The van der Waals surface area contributed by atoms with Crippen LogP contribution >= 0.6 is 32.9 Å². The second kappa shape index (κ2) is 13.6. The maximum atomic E-state index is 8.06. The molecule has 0 amide bonds. The van der Waals surface area contributed by atoms with E-state index in [4.69, 9.17) is 17.0 Å². The van der Waals surface area contributed by atoms with E-state index < -0.39 is 31.8 Å². The van der Waals surface area contributed by atoms with Gasteiger partial charge in [-0.05, 0) is 0 Å². The van der Waals surface area contributed by atoms with Gasteiger partial charge in [0.05, 0.1) is 0 Å². The van der Waals surface area contributed by atoms with Crippen molar-refractivity contribution >= 4 is 80.6 Å². The summed E-state index contributed by atoms with van der Waals surface area (Å²) in [6, 6.07) is 57.6. The van der Waals surface area contributed by atoms with Gasteiger partial charge in [0.15, 0.2) is 0 Å². The molecule has 5 heteroatoms. The van der Waals surface area contributed by atoms with Gasteiger partial charge in [-0.2, -0.15) is 0 Å². The molecule has 2 aliphatic carbocycles. The van der Waals surface area contributed by atoms with Crippen LogP contribution in [0, 0.1) is 0 Å². The van der Waals surface area contributed by atoms with Crippen LogP contribution in [0.15, 0.2) is 170 Å². The van der Waals surface area contributed by atoms with Crippen LogP contribution in [0.5, 0.6) is 0 Å². The molecule has 0 spiro atoms. The molecule has 0 N–H and O–H groups in total. The van der Waals surface area contributed by atoms with Gasteiger partial charge < -0.3 is 0 Å². The summed E-state index contributed by atoms with van der Waals surface area (Å²) in [5.41, 5.74) is 4.98. The number of fused-ring (bicyclic) bond motifs is 2. The molecule has 49 heavy (non-hydrogen) atoms. The van der Waals surface area contributed by atoms with Gasteiger partial charge in [-0.1, -0.05) is 0 Å². The molecule has 240 valence electrons. The third kappa shape index (κ3) is 6.08. The Morgan fingerprint density at radius 1 is 0.449 bits per heavy atom. The molecule has 6 aromatic carbocycles. The van der Waals surface area contributed by atoms with Crippen molar-refractivity contribution < 1.29 is 15.9 Å². The van der Waals surface area contributed by atoms with Gasteiger partial charge in [-0.3, -0.25) is 0 Å². The third-order valence-electron chi connectivity index (χ3n) is 10.1. The van der Waals surface area contributed by atoms with Crippen molar-refractivity contribution in [2.75, 3.05) is 0 Å². The molecule has 2 aliphatic rings. The molecule has 2 atom stereocenters. The number of hydrogen-bond acceptors (Lipinski definition) is 0. The predicted molar refractivity (Wildman–Crippen MR) is 217 cm³/mol. The van der Waals surface area contributed by atoms with Crippen LogP contribution in [0.1, 0.15) is 36.4 Å². The minimum atomic E-state index is -4.73. The van der Waals surface area contributed by atoms with E-state index >= 15 is 0 Å². The number of hydrogen-bond donors (Lipinski definition) is 0. The maximum absolute atomic E-state index is 8.06. The average Bonchev–Trinajstić information content (AvgIpc) is 3.80. The Bertz CT molecular complexity index is 2030.